The standard InChI is InChI=1S/C72H49N3Si/c1-5-22-50(23-6-1)52-26-21-31-59(46-52)76(57-27-9-3-10-28-57,58-29-11-4-12-30-58)60-41-42-65-63-34-15-19-38-69(63)75(72(65)49-60)56-45-53(51-24-7-2-8-25-51)44-55(47-56)74-70-39-20-16-35-64(70)66-48-54(40-43-71(66)74)73-67-36-17-13-32-61(67)62-33-14-18-37-68(62)73/h1-49H. The number of hydrogen-bond acceptors (Lipinski definition) is 0. The van der Waals surface area contributed by atoms with Crippen molar-refractivity contribution >= 4 is 94.2 Å². The van der Waals surface area contributed by atoms with Gasteiger partial charge in [-0.05, 0) is 110 Å². The summed E-state index contributed by atoms with van der Waals surface area (Å²) < 4.78 is 7.44. The largest absolute Gasteiger partial charge is 0.309 e. The molecule has 0 radical (unpaired) electrons. The first kappa shape index (κ1) is 43.8. The van der Waals surface area contributed by atoms with Crippen LogP contribution in [0.15, 0.2) is 297 Å². The number of aromatic nitrogens is 3. The second-order valence-corrected chi connectivity index (χ2v) is 23.9. The van der Waals surface area contributed by atoms with Gasteiger partial charge in [0.05, 0.1) is 33.1 Å². The van der Waals surface area contributed by atoms with Crippen molar-refractivity contribution in [3.05, 3.63) is 297 Å². The van der Waals surface area contributed by atoms with E-state index in [0.717, 1.165) is 33.7 Å². The summed E-state index contributed by atoms with van der Waals surface area (Å²) in [5.41, 5.74) is 15.2. The van der Waals surface area contributed by atoms with Gasteiger partial charge in [-0.15, -0.1) is 0 Å². The van der Waals surface area contributed by atoms with E-state index in [2.05, 4.69) is 311 Å². The summed E-state index contributed by atoms with van der Waals surface area (Å²) in [6.07, 6.45) is 0. The van der Waals surface area contributed by atoms with Gasteiger partial charge in [-0.3, -0.25) is 0 Å². The van der Waals surface area contributed by atoms with Crippen molar-refractivity contribution in [2.24, 2.45) is 0 Å². The Morgan fingerprint density at radius 3 is 1.11 bits per heavy atom. The zero-order valence-corrected chi connectivity index (χ0v) is 42.6. The lowest BCUT2D eigenvalue weighted by Gasteiger charge is -2.35. The maximum atomic E-state index is 2.54. The Kier molecular flexibility index (Phi) is 10.2. The number of para-hydroxylation sites is 4. The normalized spacial score (nSPS) is 11.9. The van der Waals surface area contributed by atoms with Crippen molar-refractivity contribution in [1.29, 1.82) is 0 Å². The average Bonchev–Trinajstić information content (AvgIpc) is 4.15. The Morgan fingerprint density at radius 1 is 0.184 bits per heavy atom. The van der Waals surface area contributed by atoms with Gasteiger partial charge >= 0.3 is 0 Å². The van der Waals surface area contributed by atoms with Crippen LogP contribution in [0.2, 0.25) is 0 Å². The first-order valence-electron chi connectivity index (χ1n) is 26.2. The van der Waals surface area contributed by atoms with Crippen molar-refractivity contribution in [2.45, 2.75) is 0 Å². The van der Waals surface area contributed by atoms with Crippen LogP contribution >= 0.6 is 0 Å². The first-order valence-corrected chi connectivity index (χ1v) is 28.2. The van der Waals surface area contributed by atoms with E-state index in [1.54, 1.807) is 0 Å². The molecule has 0 aliphatic rings. The SMILES string of the molecule is c1ccc(-c2cc(-n3c4ccccc4c4cc(-n5c6ccccc6c6ccccc65)ccc43)cc(-n3c4ccccc4c4ccc([Si](c5ccccc5)(c5ccccc5)c5cccc(-c6ccccc6)c5)cc43)c2)cc1. The molecule has 76 heavy (non-hydrogen) atoms. The molecule has 0 aliphatic heterocycles. The zero-order valence-electron chi connectivity index (χ0n) is 41.6. The molecular weight excluding hydrogens is 935 g/mol. The second-order valence-electron chi connectivity index (χ2n) is 20.0. The molecule has 15 rings (SSSR count). The molecule has 12 aromatic carbocycles. The monoisotopic (exact) mass is 983 g/mol. The minimum atomic E-state index is -3.01. The smallest absolute Gasteiger partial charge is 0.179 e. The fourth-order valence-electron chi connectivity index (χ4n) is 12.7. The minimum Gasteiger partial charge on any atom is -0.309 e. The van der Waals surface area contributed by atoms with Gasteiger partial charge in [0.2, 0.25) is 0 Å². The molecule has 3 aromatic heterocycles. The number of nitrogens with zero attached hydrogens (tertiary/aromatic N) is 3. The summed E-state index contributed by atoms with van der Waals surface area (Å²) >= 11 is 0. The Labute approximate surface area is 442 Å². The molecule has 0 fully saturated rings. The second kappa shape index (κ2) is 17.7. The van der Waals surface area contributed by atoms with E-state index in [1.165, 1.54) is 91.8 Å². The molecule has 0 amide bonds. The molecule has 0 atom stereocenters. The highest BCUT2D eigenvalue weighted by Gasteiger charge is 2.42. The highest BCUT2D eigenvalue weighted by molar-refractivity contribution is 7.20. The van der Waals surface area contributed by atoms with E-state index < -0.39 is 8.07 Å². The number of fused-ring (bicyclic) bond motifs is 9. The lowest BCUT2D eigenvalue weighted by Crippen LogP contribution is -2.74. The molecule has 0 saturated heterocycles. The third-order valence-corrected chi connectivity index (χ3v) is 20.7. The number of rotatable bonds is 9. The van der Waals surface area contributed by atoms with Crippen LogP contribution in [0.25, 0.3) is 105 Å². The molecule has 15 aromatic rings. The Balaban J connectivity index is 0.996. The van der Waals surface area contributed by atoms with Crippen LogP contribution in [0.3, 0.4) is 0 Å². The molecule has 0 spiro atoms. The van der Waals surface area contributed by atoms with Crippen molar-refractivity contribution in [1.82, 2.24) is 13.7 Å². The van der Waals surface area contributed by atoms with Gasteiger partial charge < -0.3 is 13.7 Å². The van der Waals surface area contributed by atoms with Crippen LogP contribution in [0.4, 0.5) is 0 Å². The van der Waals surface area contributed by atoms with Crippen LogP contribution in [0.1, 0.15) is 0 Å². The maximum absolute atomic E-state index is 3.01. The summed E-state index contributed by atoms with van der Waals surface area (Å²) in [5, 5.41) is 12.7. The molecule has 0 aliphatic carbocycles. The van der Waals surface area contributed by atoms with E-state index in [1.807, 2.05) is 0 Å². The number of hydrogen-bond donors (Lipinski definition) is 0. The number of benzene rings is 12. The average molecular weight is 984 g/mol. The van der Waals surface area contributed by atoms with Crippen molar-refractivity contribution in [2.75, 3.05) is 0 Å². The van der Waals surface area contributed by atoms with Gasteiger partial charge in [-0.1, -0.05) is 231 Å². The highest BCUT2D eigenvalue weighted by Crippen LogP contribution is 2.40. The van der Waals surface area contributed by atoms with Gasteiger partial charge in [0, 0.05) is 49.4 Å². The molecule has 0 bridgehead atoms. The molecule has 0 saturated carbocycles. The Morgan fingerprint density at radius 2 is 0.566 bits per heavy atom. The van der Waals surface area contributed by atoms with E-state index in [-0.39, 0.29) is 0 Å². The fourth-order valence-corrected chi connectivity index (χ4v) is 17.4. The molecule has 3 heterocycles. The zero-order chi connectivity index (χ0) is 50.2. The van der Waals surface area contributed by atoms with Gasteiger partial charge in [-0.2, -0.15) is 0 Å². The van der Waals surface area contributed by atoms with Crippen LogP contribution in [0.5, 0.6) is 0 Å². The van der Waals surface area contributed by atoms with E-state index >= 15 is 0 Å². The quantitative estimate of drug-likeness (QED) is 0.101. The fraction of sp³-hybridized carbons (Fsp3) is 0. The van der Waals surface area contributed by atoms with E-state index in [4.69, 9.17) is 0 Å². The highest BCUT2D eigenvalue weighted by atomic mass is 28.3. The summed E-state index contributed by atoms with van der Waals surface area (Å²) in [6, 6.07) is 111. The van der Waals surface area contributed by atoms with E-state index in [0.29, 0.717) is 0 Å². The summed E-state index contributed by atoms with van der Waals surface area (Å²) in [6.45, 7) is 0. The van der Waals surface area contributed by atoms with Crippen LogP contribution in [-0.4, -0.2) is 21.8 Å². The van der Waals surface area contributed by atoms with Gasteiger partial charge in [0.25, 0.3) is 0 Å². The molecule has 356 valence electrons. The van der Waals surface area contributed by atoms with Crippen molar-refractivity contribution in [3.63, 3.8) is 0 Å². The molecule has 4 heteroatoms. The summed E-state index contributed by atoms with van der Waals surface area (Å²) in [7, 11) is -3.01. The molecule has 0 N–H and O–H groups in total. The summed E-state index contributed by atoms with van der Waals surface area (Å²) in [4.78, 5) is 0. The molecular formula is C72H49N3Si. The Bertz CT molecular complexity index is 4590. The Hall–Kier alpha value is -9.74. The molecule has 3 nitrogen and oxygen atoms in total. The third-order valence-electron chi connectivity index (χ3n) is 15.9. The first-order chi connectivity index (χ1) is 37.7. The van der Waals surface area contributed by atoms with E-state index in [9.17, 15) is 0 Å². The van der Waals surface area contributed by atoms with Gasteiger partial charge in [0.15, 0.2) is 8.07 Å². The van der Waals surface area contributed by atoms with Crippen LogP contribution in [0, 0.1) is 0 Å². The maximum Gasteiger partial charge on any atom is 0.179 e. The van der Waals surface area contributed by atoms with Crippen molar-refractivity contribution < 1.29 is 0 Å². The molecule has 0 unspecified atom stereocenters. The van der Waals surface area contributed by atoms with Crippen LogP contribution < -0.4 is 20.7 Å². The predicted molar refractivity (Wildman–Crippen MR) is 324 cm³/mol. The summed E-state index contributed by atoms with van der Waals surface area (Å²) in [5.74, 6) is 0. The minimum absolute atomic E-state index is 1.10. The predicted octanol–water partition coefficient (Wildman–Crippen LogP) is 15.7. The van der Waals surface area contributed by atoms with Crippen molar-refractivity contribution in [3.8, 4) is 39.3 Å². The lowest BCUT2D eigenvalue weighted by atomic mass is 10.0. The topological polar surface area (TPSA) is 14.8 Å². The van der Waals surface area contributed by atoms with Gasteiger partial charge in [-0.25, -0.2) is 0 Å². The van der Waals surface area contributed by atoms with Gasteiger partial charge in [0.1, 0.15) is 0 Å². The lowest BCUT2D eigenvalue weighted by molar-refractivity contribution is 1.13. The van der Waals surface area contributed by atoms with Crippen LogP contribution in [-0.2, 0) is 0 Å². The third kappa shape index (κ3) is 6.81.